The number of benzene rings is 1. The van der Waals surface area contributed by atoms with Crippen LogP contribution in [0.1, 0.15) is 18.1 Å². The van der Waals surface area contributed by atoms with Crippen LogP contribution in [0, 0.1) is 0 Å². The summed E-state index contributed by atoms with van der Waals surface area (Å²) in [5.74, 6) is -0.694. The van der Waals surface area contributed by atoms with E-state index in [0.717, 1.165) is 11.1 Å². The third-order valence-corrected chi connectivity index (χ3v) is 4.83. The summed E-state index contributed by atoms with van der Waals surface area (Å²) in [5.41, 5.74) is 7.22. The first kappa shape index (κ1) is 14.0. The zero-order chi connectivity index (χ0) is 14.0. The maximum atomic E-state index is 12.1. The molecule has 0 bridgehead atoms. The molecule has 1 aromatic carbocycles. The highest BCUT2D eigenvalue weighted by Crippen LogP contribution is 2.20. The molecule has 1 atom stereocenters. The van der Waals surface area contributed by atoms with Crippen molar-refractivity contribution in [1.82, 2.24) is 9.03 Å². The molecule has 19 heavy (non-hydrogen) atoms. The van der Waals surface area contributed by atoms with Gasteiger partial charge >= 0.3 is 0 Å². The van der Waals surface area contributed by atoms with Crippen LogP contribution in [0.3, 0.4) is 0 Å². The molecular weight excluding hydrogens is 266 g/mol. The highest BCUT2D eigenvalue weighted by atomic mass is 32.2. The Kier molecular flexibility index (Phi) is 3.88. The zero-order valence-corrected chi connectivity index (χ0v) is 11.5. The normalized spacial score (nSPS) is 17.7. The van der Waals surface area contributed by atoms with Crippen LogP contribution in [0.25, 0.3) is 0 Å². The topological polar surface area (TPSA) is 92.5 Å². The number of rotatable bonds is 4. The Balaban J connectivity index is 2.14. The Bertz CT molecular complexity index is 586. The van der Waals surface area contributed by atoms with E-state index >= 15 is 0 Å². The second-order valence-corrected chi connectivity index (χ2v) is 6.30. The molecule has 1 amide bonds. The number of nitrogens with two attached hydrogens (primary N) is 1. The molecule has 1 unspecified atom stereocenters. The number of hydrogen-bond acceptors (Lipinski definition) is 3. The molecule has 0 radical (unpaired) electrons. The van der Waals surface area contributed by atoms with Crippen LogP contribution in [0.2, 0.25) is 0 Å². The molecule has 1 aliphatic heterocycles. The van der Waals surface area contributed by atoms with E-state index in [-0.39, 0.29) is 0 Å². The number of hydrogen-bond donors (Lipinski definition) is 2. The highest BCUT2D eigenvalue weighted by molar-refractivity contribution is 7.87. The Labute approximate surface area is 112 Å². The lowest BCUT2D eigenvalue weighted by atomic mass is 10.0. The summed E-state index contributed by atoms with van der Waals surface area (Å²) in [6, 6.07) is 6.82. The van der Waals surface area contributed by atoms with Crippen LogP contribution in [0.4, 0.5) is 0 Å². The smallest absolute Gasteiger partial charge is 0.280 e. The molecule has 2 rings (SSSR count). The maximum Gasteiger partial charge on any atom is 0.280 e. The quantitative estimate of drug-likeness (QED) is 0.798. The average Bonchev–Trinajstić information content (AvgIpc) is 2.37. The number of carbonyl (C=O) groups is 1. The van der Waals surface area contributed by atoms with Gasteiger partial charge in [-0.25, -0.2) is 0 Å². The van der Waals surface area contributed by atoms with Gasteiger partial charge in [0.1, 0.15) is 0 Å². The van der Waals surface area contributed by atoms with Crippen LogP contribution < -0.4 is 10.5 Å². The minimum absolute atomic E-state index is 0.316. The van der Waals surface area contributed by atoms with E-state index < -0.39 is 22.2 Å². The van der Waals surface area contributed by atoms with Gasteiger partial charge in [0, 0.05) is 13.1 Å². The third-order valence-electron chi connectivity index (χ3n) is 3.19. The number of primary amides is 1. The summed E-state index contributed by atoms with van der Waals surface area (Å²) in [5, 5.41) is 0. The molecule has 0 spiro atoms. The van der Waals surface area contributed by atoms with E-state index in [1.807, 2.05) is 24.3 Å². The molecule has 1 aromatic rings. The van der Waals surface area contributed by atoms with Crippen molar-refractivity contribution in [3.8, 4) is 0 Å². The summed E-state index contributed by atoms with van der Waals surface area (Å²) in [4.78, 5) is 10.9. The molecule has 6 nitrogen and oxygen atoms in total. The summed E-state index contributed by atoms with van der Waals surface area (Å²) in [7, 11) is -3.69. The van der Waals surface area contributed by atoms with E-state index in [1.54, 1.807) is 0 Å². The molecule has 7 heteroatoms. The number of nitrogens with zero attached hydrogens (tertiary/aromatic N) is 1. The molecule has 0 saturated heterocycles. The molecule has 1 aliphatic rings. The van der Waals surface area contributed by atoms with Crippen molar-refractivity contribution in [2.45, 2.75) is 25.9 Å². The van der Waals surface area contributed by atoms with Gasteiger partial charge in [0.25, 0.3) is 10.2 Å². The number of fused-ring (bicyclic) bond motifs is 1. The van der Waals surface area contributed by atoms with E-state index in [1.165, 1.54) is 11.2 Å². The van der Waals surface area contributed by atoms with Crippen molar-refractivity contribution < 1.29 is 13.2 Å². The van der Waals surface area contributed by atoms with Crippen LogP contribution in [-0.2, 0) is 28.0 Å². The van der Waals surface area contributed by atoms with Crippen LogP contribution >= 0.6 is 0 Å². The third kappa shape index (κ3) is 3.12. The SMILES string of the molecule is CC(NS(=O)(=O)N1CCc2ccccc2C1)C(N)=O. The first-order valence-corrected chi connectivity index (χ1v) is 7.47. The van der Waals surface area contributed by atoms with E-state index in [2.05, 4.69) is 4.72 Å². The lowest BCUT2D eigenvalue weighted by Crippen LogP contribution is -2.50. The summed E-state index contributed by atoms with van der Waals surface area (Å²) in [6.45, 7) is 2.15. The number of carbonyl (C=O) groups excluding carboxylic acids is 1. The van der Waals surface area contributed by atoms with Gasteiger partial charge in [-0.15, -0.1) is 0 Å². The van der Waals surface area contributed by atoms with Gasteiger partial charge in [-0.1, -0.05) is 24.3 Å². The van der Waals surface area contributed by atoms with Gasteiger partial charge in [-0.05, 0) is 24.5 Å². The van der Waals surface area contributed by atoms with Crippen LogP contribution in [-0.4, -0.2) is 31.2 Å². The Morgan fingerprint density at radius 3 is 2.63 bits per heavy atom. The highest BCUT2D eigenvalue weighted by Gasteiger charge is 2.28. The van der Waals surface area contributed by atoms with Crippen LogP contribution in [0.15, 0.2) is 24.3 Å². The first-order chi connectivity index (χ1) is 8.90. The summed E-state index contributed by atoms with van der Waals surface area (Å²) < 4.78 is 27.8. The van der Waals surface area contributed by atoms with E-state index in [4.69, 9.17) is 5.73 Å². The summed E-state index contributed by atoms with van der Waals surface area (Å²) >= 11 is 0. The fourth-order valence-electron chi connectivity index (χ4n) is 2.03. The molecule has 0 aromatic heterocycles. The standard InChI is InChI=1S/C12H17N3O3S/c1-9(12(13)16)14-19(17,18)15-7-6-10-4-2-3-5-11(10)8-15/h2-5,9,14H,6-8H2,1H3,(H2,13,16). The van der Waals surface area contributed by atoms with Crippen molar-refractivity contribution in [3.63, 3.8) is 0 Å². The van der Waals surface area contributed by atoms with Crippen LogP contribution in [0.5, 0.6) is 0 Å². The van der Waals surface area contributed by atoms with Crippen molar-refractivity contribution >= 4 is 16.1 Å². The van der Waals surface area contributed by atoms with Crippen molar-refractivity contribution in [3.05, 3.63) is 35.4 Å². The minimum atomic E-state index is -3.69. The lowest BCUT2D eigenvalue weighted by Gasteiger charge is -2.28. The molecule has 0 fully saturated rings. The lowest BCUT2D eigenvalue weighted by molar-refractivity contribution is -0.119. The second-order valence-electron chi connectivity index (χ2n) is 4.60. The van der Waals surface area contributed by atoms with Crippen molar-refractivity contribution in [2.24, 2.45) is 5.73 Å². The number of nitrogens with one attached hydrogen (secondary N) is 1. The molecule has 0 aliphatic carbocycles. The van der Waals surface area contributed by atoms with Gasteiger partial charge in [0.2, 0.25) is 5.91 Å². The van der Waals surface area contributed by atoms with Crippen molar-refractivity contribution in [1.29, 1.82) is 0 Å². The predicted molar refractivity (Wildman–Crippen MR) is 71.3 cm³/mol. The fraction of sp³-hybridized carbons (Fsp3) is 0.417. The number of amides is 1. The van der Waals surface area contributed by atoms with Gasteiger partial charge in [0.15, 0.2) is 0 Å². The predicted octanol–water partition coefficient (Wildman–Crippen LogP) is -0.247. The van der Waals surface area contributed by atoms with Gasteiger partial charge < -0.3 is 5.73 Å². The zero-order valence-electron chi connectivity index (χ0n) is 10.7. The van der Waals surface area contributed by atoms with E-state index in [9.17, 15) is 13.2 Å². The van der Waals surface area contributed by atoms with Gasteiger partial charge in [-0.2, -0.15) is 17.4 Å². The van der Waals surface area contributed by atoms with Gasteiger partial charge in [0.05, 0.1) is 6.04 Å². The summed E-state index contributed by atoms with van der Waals surface area (Å²) in [6.07, 6.45) is 0.669. The van der Waals surface area contributed by atoms with E-state index in [0.29, 0.717) is 19.5 Å². The molecule has 104 valence electrons. The minimum Gasteiger partial charge on any atom is -0.368 e. The van der Waals surface area contributed by atoms with Crippen molar-refractivity contribution in [2.75, 3.05) is 6.54 Å². The Morgan fingerprint density at radius 2 is 2.00 bits per heavy atom. The average molecular weight is 283 g/mol. The fourth-order valence-corrected chi connectivity index (χ4v) is 3.38. The molecule has 1 heterocycles. The molecule has 3 N–H and O–H groups in total. The second kappa shape index (κ2) is 5.28. The Hall–Kier alpha value is -1.44. The molecular formula is C12H17N3O3S. The van der Waals surface area contributed by atoms with Gasteiger partial charge in [-0.3, -0.25) is 4.79 Å². The Morgan fingerprint density at radius 1 is 1.37 bits per heavy atom. The first-order valence-electron chi connectivity index (χ1n) is 6.03. The largest absolute Gasteiger partial charge is 0.368 e. The molecule has 0 saturated carbocycles. The maximum absolute atomic E-state index is 12.1. The monoisotopic (exact) mass is 283 g/mol.